The first-order chi connectivity index (χ1) is 11.5. The van der Waals surface area contributed by atoms with Gasteiger partial charge in [0.1, 0.15) is 22.6 Å². The Morgan fingerprint density at radius 1 is 0.800 bits per heavy atom. The van der Waals surface area contributed by atoms with Gasteiger partial charge in [-0.1, -0.05) is 46.4 Å². The van der Waals surface area contributed by atoms with Gasteiger partial charge in [-0.05, 0) is 34.1 Å². The zero-order valence-electron chi connectivity index (χ0n) is 11.7. The lowest BCUT2D eigenvalue weighted by Gasteiger charge is -2.05. The molecule has 0 saturated heterocycles. The summed E-state index contributed by atoms with van der Waals surface area (Å²) >= 11 is 25.1. The molecule has 2 aromatic carbocycles. The third-order valence-electron chi connectivity index (χ3n) is 2.65. The highest BCUT2D eigenvalue weighted by Gasteiger charge is 2.20. The third kappa shape index (κ3) is 5.05. The number of rotatable bonds is 2. The van der Waals surface area contributed by atoms with Crippen LogP contribution in [0.3, 0.4) is 0 Å². The van der Waals surface area contributed by atoms with Crippen LogP contribution in [0.4, 0.5) is 0 Å². The smallest absolute Gasteiger partial charge is 0.341 e. The largest absolute Gasteiger partial charge is 0.505 e. The molecular weight excluding hydrogens is 486 g/mol. The van der Waals surface area contributed by atoms with Crippen molar-refractivity contribution in [2.24, 2.45) is 0 Å². The quantitative estimate of drug-likeness (QED) is 0.408. The Labute approximate surface area is 169 Å². The molecule has 2 rings (SSSR count). The number of benzene rings is 2. The summed E-state index contributed by atoms with van der Waals surface area (Å²) in [7, 11) is 0. The minimum Gasteiger partial charge on any atom is -0.505 e. The molecule has 2 aromatic rings. The lowest BCUT2D eigenvalue weighted by Crippen LogP contribution is -1.98. The van der Waals surface area contributed by atoms with E-state index in [1.807, 2.05) is 0 Å². The molecule has 0 radical (unpaired) electrons. The minimum atomic E-state index is -1.33. The Kier molecular flexibility index (Phi) is 7.64. The van der Waals surface area contributed by atoms with E-state index in [9.17, 15) is 14.7 Å². The third-order valence-corrected chi connectivity index (χ3v) is 4.81. The van der Waals surface area contributed by atoms with E-state index in [-0.39, 0.29) is 25.7 Å². The number of carboxylic acid groups (broad SMARTS) is 2. The first kappa shape index (κ1) is 21.7. The van der Waals surface area contributed by atoms with E-state index < -0.39 is 29.0 Å². The van der Waals surface area contributed by atoms with E-state index >= 15 is 0 Å². The number of aromatic carboxylic acids is 2. The second-order valence-electron chi connectivity index (χ2n) is 4.24. The van der Waals surface area contributed by atoms with Crippen LogP contribution in [-0.2, 0) is 0 Å². The predicted octanol–water partition coefficient (Wildman–Crippen LogP) is 5.56. The van der Waals surface area contributed by atoms with Gasteiger partial charge >= 0.3 is 11.9 Å². The average molecular weight is 493 g/mol. The molecule has 0 saturated carbocycles. The fourth-order valence-corrected chi connectivity index (χ4v) is 2.90. The van der Waals surface area contributed by atoms with Gasteiger partial charge in [-0.2, -0.15) is 0 Å². The summed E-state index contributed by atoms with van der Waals surface area (Å²) in [5.74, 6) is -3.66. The molecule has 0 aliphatic carbocycles. The van der Waals surface area contributed by atoms with Crippen molar-refractivity contribution >= 4 is 74.3 Å². The minimum absolute atomic E-state index is 0.0307. The second kappa shape index (κ2) is 8.82. The van der Waals surface area contributed by atoms with Crippen LogP contribution in [0, 0.1) is 0 Å². The zero-order chi connectivity index (χ0) is 19.5. The fourth-order valence-electron chi connectivity index (χ4n) is 1.53. The molecule has 6 nitrogen and oxygen atoms in total. The summed E-state index contributed by atoms with van der Waals surface area (Å²) in [6, 6.07) is 3.96. The zero-order valence-corrected chi connectivity index (χ0v) is 16.3. The Morgan fingerprint density at radius 3 is 1.68 bits per heavy atom. The maximum atomic E-state index is 10.6. The predicted molar refractivity (Wildman–Crippen MR) is 97.9 cm³/mol. The maximum absolute atomic E-state index is 10.6. The maximum Gasteiger partial charge on any atom is 0.341 e. The monoisotopic (exact) mass is 490 g/mol. The van der Waals surface area contributed by atoms with Gasteiger partial charge in [0.05, 0.1) is 20.1 Å². The number of carboxylic acids is 2. The van der Waals surface area contributed by atoms with E-state index in [4.69, 9.17) is 61.7 Å². The second-order valence-corrected chi connectivity index (χ2v) is 6.69. The summed E-state index contributed by atoms with van der Waals surface area (Å²) in [4.78, 5) is 21.1. The number of carbonyl (C=O) groups is 2. The Morgan fingerprint density at radius 2 is 1.24 bits per heavy atom. The summed E-state index contributed by atoms with van der Waals surface area (Å²) < 4.78 is 0.328. The van der Waals surface area contributed by atoms with Gasteiger partial charge in [0.25, 0.3) is 0 Å². The van der Waals surface area contributed by atoms with E-state index in [0.717, 1.165) is 0 Å². The lowest BCUT2D eigenvalue weighted by molar-refractivity contribution is 0.0682. The number of hydrogen-bond acceptors (Lipinski definition) is 4. The first-order valence-corrected chi connectivity index (χ1v) is 8.29. The van der Waals surface area contributed by atoms with Gasteiger partial charge in [-0.15, -0.1) is 0 Å². The molecule has 4 N–H and O–H groups in total. The topological polar surface area (TPSA) is 115 Å². The van der Waals surface area contributed by atoms with Gasteiger partial charge in [0.2, 0.25) is 0 Å². The van der Waals surface area contributed by atoms with Crippen LogP contribution in [0.2, 0.25) is 20.1 Å². The van der Waals surface area contributed by atoms with Crippen LogP contribution in [0.1, 0.15) is 20.7 Å². The lowest BCUT2D eigenvalue weighted by atomic mass is 10.2. The van der Waals surface area contributed by atoms with E-state index in [1.54, 1.807) is 0 Å². The summed E-state index contributed by atoms with van der Waals surface area (Å²) in [5, 5.41) is 35.4. The van der Waals surface area contributed by atoms with Crippen molar-refractivity contribution in [2.75, 3.05) is 0 Å². The summed E-state index contributed by atoms with van der Waals surface area (Å²) in [6.45, 7) is 0. The molecule has 0 atom stereocenters. The van der Waals surface area contributed by atoms with Gasteiger partial charge in [-0.25, -0.2) is 9.59 Å². The number of phenols is 2. The van der Waals surface area contributed by atoms with Crippen molar-refractivity contribution in [2.45, 2.75) is 0 Å². The van der Waals surface area contributed by atoms with E-state index in [1.165, 1.54) is 18.2 Å². The summed E-state index contributed by atoms with van der Waals surface area (Å²) in [5.41, 5.74) is -0.773. The number of hydrogen-bond donors (Lipinski definition) is 4. The van der Waals surface area contributed by atoms with Crippen molar-refractivity contribution in [3.05, 3.63) is 53.9 Å². The molecule has 0 aliphatic heterocycles. The van der Waals surface area contributed by atoms with Crippen molar-refractivity contribution in [1.82, 2.24) is 0 Å². The molecule has 0 aliphatic rings. The molecular formula is C14H7BrCl4O6. The van der Waals surface area contributed by atoms with Gasteiger partial charge in [0.15, 0.2) is 0 Å². The highest BCUT2D eigenvalue weighted by Crippen LogP contribution is 2.38. The first-order valence-electron chi connectivity index (χ1n) is 5.99. The van der Waals surface area contributed by atoms with Crippen molar-refractivity contribution in [3.8, 4) is 11.5 Å². The molecule has 0 amide bonds. The van der Waals surface area contributed by atoms with Gasteiger partial charge in [0, 0.05) is 4.47 Å². The van der Waals surface area contributed by atoms with Crippen LogP contribution >= 0.6 is 62.3 Å². The molecule has 0 spiro atoms. The van der Waals surface area contributed by atoms with Gasteiger partial charge in [-0.3, -0.25) is 0 Å². The molecule has 25 heavy (non-hydrogen) atoms. The van der Waals surface area contributed by atoms with Crippen LogP contribution in [0.5, 0.6) is 11.5 Å². The highest BCUT2D eigenvalue weighted by atomic mass is 79.9. The number of aromatic hydroxyl groups is 2. The van der Waals surface area contributed by atoms with Crippen molar-refractivity contribution in [3.63, 3.8) is 0 Å². The molecule has 0 heterocycles. The molecule has 134 valence electrons. The molecule has 0 bridgehead atoms. The standard InChI is InChI=1S/C7H3BrCl2O3.C7H4Cl2O3/c8-2-1-3(9)6(11)4(5(2)10)7(12)13;8-3-1-2-4(9)6(10)5(3)7(11)12/h1,11H,(H,12,13);1-2,10H,(H,11,12). The fraction of sp³-hybridized carbons (Fsp3) is 0. The molecule has 11 heteroatoms. The Bertz CT molecular complexity index is 830. The molecule has 0 unspecified atom stereocenters. The van der Waals surface area contributed by atoms with Crippen molar-refractivity contribution < 1.29 is 30.0 Å². The van der Waals surface area contributed by atoms with Crippen LogP contribution < -0.4 is 0 Å². The highest BCUT2D eigenvalue weighted by molar-refractivity contribution is 9.10. The SMILES string of the molecule is O=C(O)c1c(Cl)ccc(Cl)c1O.O=C(O)c1c(O)c(Cl)cc(Br)c1Cl. The Balaban J connectivity index is 0.000000251. The molecule has 0 fully saturated rings. The Hall–Kier alpha value is -1.38. The van der Waals surface area contributed by atoms with Crippen LogP contribution in [-0.4, -0.2) is 32.4 Å². The van der Waals surface area contributed by atoms with Crippen LogP contribution in [0.15, 0.2) is 22.7 Å². The van der Waals surface area contributed by atoms with E-state index in [2.05, 4.69) is 15.9 Å². The van der Waals surface area contributed by atoms with E-state index in [0.29, 0.717) is 4.47 Å². The molecule has 0 aromatic heterocycles. The normalized spacial score (nSPS) is 9.96. The number of halogens is 5. The van der Waals surface area contributed by atoms with Gasteiger partial charge < -0.3 is 20.4 Å². The average Bonchev–Trinajstić information content (AvgIpc) is 2.50. The van der Waals surface area contributed by atoms with Crippen molar-refractivity contribution in [1.29, 1.82) is 0 Å². The van der Waals surface area contributed by atoms with Crippen LogP contribution in [0.25, 0.3) is 0 Å². The summed E-state index contributed by atoms with van der Waals surface area (Å²) in [6.07, 6.45) is 0.